The summed E-state index contributed by atoms with van der Waals surface area (Å²) in [6.07, 6.45) is 7.19. The monoisotopic (exact) mass is 670 g/mol. The van der Waals surface area contributed by atoms with E-state index >= 15 is 0 Å². The topological polar surface area (TPSA) is 0 Å². The lowest BCUT2D eigenvalue weighted by molar-refractivity contribution is -0.870. The number of nitrogens with zero attached hydrogens (tertiary/aromatic N) is 2. The van der Waals surface area contributed by atoms with E-state index in [4.69, 9.17) is 11.6 Å². The highest BCUT2D eigenvalue weighted by Gasteiger charge is 2.09. The molecule has 0 saturated heterocycles. The summed E-state index contributed by atoms with van der Waals surface area (Å²) in [7, 11) is 13.5. The van der Waals surface area contributed by atoms with Crippen LogP contribution in [0.1, 0.15) is 38.5 Å². The molecule has 0 bridgehead atoms. The van der Waals surface area contributed by atoms with Gasteiger partial charge in [-0.25, -0.2) is 0 Å². The van der Waals surface area contributed by atoms with Crippen LogP contribution in [0.15, 0.2) is 8.61 Å². The van der Waals surface area contributed by atoms with Crippen LogP contribution >= 0.6 is 34.2 Å². The zero-order valence-corrected chi connectivity index (χ0v) is 22.3. The van der Waals surface area contributed by atoms with Crippen LogP contribution in [0, 0.1) is 0 Å². The summed E-state index contributed by atoms with van der Waals surface area (Å²) >= 11 is 8.85. The smallest absolute Gasteiger partial charge is 0.0780 e. The highest BCUT2D eigenvalue weighted by atomic mass is 127. The molecule has 0 aromatic rings. The average molecular weight is 671 g/mol. The van der Waals surface area contributed by atoms with Gasteiger partial charge in [-0.2, -0.15) is 0 Å². The first-order valence-corrected chi connectivity index (χ1v) is 9.11. The first kappa shape index (κ1) is 28.9. The Labute approximate surface area is 191 Å². The first-order valence-electron chi connectivity index (χ1n) is 7.65. The van der Waals surface area contributed by atoms with Gasteiger partial charge in [0.2, 0.25) is 0 Å². The van der Waals surface area contributed by atoms with Crippen LogP contribution in [0.3, 0.4) is 0 Å². The molecule has 0 atom stereocenters. The van der Waals surface area contributed by atoms with E-state index in [9.17, 15) is 0 Å². The number of hydrogen-bond acceptors (Lipinski definition) is 0. The second-order valence-electron chi connectivity index (χ2n) is 7.75. The molecule has 0 heterocycles. The van der Waals surface area contributed by atoms with Crippen LogP contribution in [0.2, 0.25) is 0 Å². The van der Waals surface area contributed by atoms with Crippen LogP contribution in [0.4, 0.5) is 0 Å². The average Bonchev–Trinajstić information content (AvgIpc) is 2.27. The van der Waals surface area contributed by atoms with Gasteiger partial charge in [0.1, 0.15) is 0 Å². The van der Waals surface area contributed by atoms with Gasteiger partial charge in [0.25, 0.3) is 0 Å². The summed E-state index contributed by atoms with van der Waals surface area (Å²) in [5.41, 5.74) is 0. The molecule has 0 aromatic heterocycles. The van der Waals surface area contributed by atoms with Crippen LogP contribution in [-0.4, -0.2) is 64.3 Å². The molecule has 0 aliphatic carbocycles. The van der Waals surface area contributed by atoms with E-state index in [-0.39, 0.29) is 48.0 Å². The van der Waals surface area contributed by atoms with Crippen molar-refractivity contribution in [3.8, 4) is 0 Å². The standard InChI is InChI=1S/C16H34ClIN2.2HI/c1-19(2,3)13-9-7-11-15(17)16(18)12-8-10-14-20(4,5)6;;/h7-14H2,1-6H3;2*1H/q+2;;/p-2/b16-15+;;. The van der Waals surface area contributed by atoms with Gasteiger partial charge in [-0.05, 0) is 61.1 Å². The maximum atomic E-state index is 6.41. The molecule has 0 amide bonds. The molecule has 0 spiro atoms. The predicted molar refractivity (Wildman–Crippen MR) is 100 cm³/mol. The van der Waals surface area contributed by atoms with Gasteiger partial charge in [0, 0.05) is 8.61 Å². The number of unbranched alkanes of at least 4 members (excludes halogenated alkanes) is 2. The molecule has 0 radical (unpaired) electrons. The molecular formula is C16H34ClI3N2. The van der Waals surface area contributed by atoms with Crippen molar-refractivity contribution in [1.82, 2.24) is 0 Å². The molecule has 2 nitrogen and oxygen atoms in total. The van der Waals surface area contributed by atoms with E-state index in [1.165, 1.54) is 42.4 Å². The van der Waals surface area contributed by atoms with Gasteiger partial charge < -0.3 is 56.9 Å². The summed E-state index contributed by atoms with van der Waals surface area (Å²) in [6, 6.07) is 0. The molecule has 0 aliphatic rings. The Bertz CT molecular complexity index is 277. The molecule has 0 N–H and O–H groups in total. The second-order valence-corrected chi connectivity index (χ2v) is 9.51. The number of hydrogen-bond donors (Lipinski definition) is 0. The van der Waals surface area contributed by atoms with Crippen molar-refractivity contribution in [1.29, 1.82) is 0 Å². The molecule has 22 heavy (non-hydrogen) atoms. The van der Waals surface area contributed by atoms with Gasteiger partial charge in [-0.3, -0.25) is 0 Å². The predicted octanol–water partition coefficient (Wildman–Crippen LogP) is -1.37. The van der Waals surface area contributed by atoms with Gasteiger partial charge in [0.15, 0.2) is 0 Å². The lowest BCUT2D eigenvalue weighted by Crippen LogP contribution is -3.00. The Morgan fingerprint density at radius 2 is 1.09 bits per heavy atom. The molecule has 0 rings (SSSR count). The summed E-state index contributed by atoms with van der Waals surface area (Å²) < 4.78 is 3.47. The van der Waals surface area contributed by atoms with E-state index in [0.29, 0.717) is 0 Å². The minimum atomic E-state index is 0. The van der Waals surface area contributed by atoms with Crippen molar-refractivity contribution in [2.45, 2.75) is 38.5 Å². The molecule has 0 unspecified atom stereocenters. The maximum absolute atomic E-state index is 6.41. The third kappa shape index (κ3) is 20.2. The molecule has 136 valence electrons. The van der Waals surface area contributed by atoms with Crippen LogP contribution in [0.25, 0.3) is 0 Å². The van der Waals surface area contributed by atoms with Crippen LogP contribution < -0.4 is 48.0 Å². The summed E-state index contributed by atoms with van der Waals surface area (Å²) in [5, 5.41) is 1.09. The van der Waals surface area contributed by atoms with E-state index in [1.54, 1.807) is 0 Å². The van der Waals surface area contributed by atoms with Crippen molar-refractivity contribution >= 4 is 34.2 Å². The van der Waals surface area contributed by atoms with Crippen molar-refractivity contribution in [3.63, 3.8) is 0 Å². The Kier molecular flexibility index (Phi) is 18.8. The van der Waals surface area contributed by atoms with Gasteiger partial charge >= 0.3 is 0 Å². The normalized spacial score (nSPS) is 13.1. The fraction of sp³-hybridized carbons (Fsp3) is 0.875. The summed E-state index contributed by atoms with van der Waals surface area (Å²) in [5.74, 6) is 0. The number of quaternary nitrogens is 2. The first-order chi connectivity index (χ1) is 9.01. The largest absolute Gasteiger partial charge is 1.00 e. The lowest BCUT2D eigenvalue weighted by Gasteiger charge is -2.23. The van der Waals surface area contributed by atoms with E-state index < -0.39 is 0 Å². The Balaban J connectivity index is -0.00000180. The van der Waals surface area contributed by atoms with Crippen molar-refractivity contribution in [3.05, 3.63) is 8.61 Å². The molecular weight excluding hydrogens is 636 g/mol. The number of rotatable bonds is 10. The molecule has 0 aliphatic heterocycles. The highest BCUT2D eigenvalue weighted by Crippen LogP contribution is 2.26. The molecule has 0 saturated carbocycles. The van der Waals surface area contributed by atoms with Crippen molar-refractivity contribution < 1.29 is 56.9 Å². The van der Waals surface area contributed by atoms with E-state index in [1.807, 2.05) is 0 Å². The van der Waals surface area contributed by atoms with E-state index in [0.717, 1.165) is 26.8 Å². The van der Waals surface area contributed by atoms with Gasteiger partial charge in [-0.1, -0.05) is 11.6 Å². The molecule has 6 heteroatoms. The SMILES string of the molecule is C[N+](C)(C)CCCC/C(Cl)=C(\I)CCCC[N+](C)(C)C.[I-].[I-]. The Morgan fingerprint density at radius 3 is 1.45 bits per heavy atom. The summed E-state index contributed by atoms with van der Waals surface area (Å²) in [4.78, 5) is 0. The minimum Gasteiger partial charge on any atom is -1.00 e. The second kappa shape index (κ2) is 14.3. The Hall–Kier alpha value is 2.14. The molecule has 0 fully saturated rings. The third-order valence-corrected chi connectivity index (χ3v) is 5.17. The molecule has 0 aromatic carbocycles. The zero-order chi connectivity index (χ0) is 15.8. The fourth-order valence-corrected chi connectivity index (χ4v) is 2.88. The lowest BCUT2D eigenvalue weighted by atomic mass is 10.1. The number of halogens is 4. The van der Waals surface area contributed by atoms with E-state index in [2.05, 4.69) is 64.9 Å². The Morgan fingerprint density at radius 1 is 0.727 bits per heavy atom. The van der Waals surface area contributed by atoms with Crippen molar-refractivity contribution in [2.24, 2.45) is 0 Å². The number of allylic oxidation sites excluding steroid dienone is 2. The van der Waals surface area contributed by atoms with Crippen LogP contribution in [0.5, 0.6) is 0 Å². The summed E-state index contributed by atoms with van der Waals surface area (Å²) in [6.45, 7) is 2.47. The van der Waals surface area contributed by atoms with Gasteiger partial charge in [-0.15, -0.1) is 0 Å². The van der Waals surface area contributed by atoms with Crippen molar-refractivity contribution in [2.75, 3.05) is 55.4 Å². The third-order valence-electron chi connectivity index (χ3n) is 3.24. The zero-order valence-electron chi connectivity index (χ0n) is 15.1. The van der Waals surface area contributed by atoms with Crippen LogP contribution in [-0.2, 0) is 0 Å². The maximum Gasteiger partial charge on any atom is 0.0780 e. The fourth-order valence-electron chi connectivity index (χ4n) is 2.00. The van der Waals surface area contributed by atoms with Gasteiger partial charge in [0.05, 0.1) is 55.4 Å². The minimum absolute atomic E-state index is 0. The quantitative estimate of drug-likeness (QED) is 0.153. The highest BCUT2D eigenvalue weighted by molar-refractivity contribution is 14.1.